The van der Waals surface area contributed by atoms with Crippen molar-refractivity contribution in [1.82, 2.24) is 4.90 Å². The molecule has 220 valence electrons. The van der Waals surface area contributed by atoms with Gasteiger partial charge in [0.05, 0.1) is 31.9 Å². The summed E-state index contributed by atoms with van der Waals surface area (Å²) < 4.78 is 21.9. The first kappa shape index (κ1) is 31.0. The number of cyclic esters (lactones) is 1. The summed E-state index contributed by atoms with van der Waals surface area (Å²) in [6.45, 7) is 7.28. The van der Waals surface area contributed by atoms with Gasteiger partial charge in [-0.25, -0.2) is 4.79 Å². The van der Waals surface area contributed by atoms with Crippen LogP contribution >= 0.6 is 0 Å². The molecule has 3 rings (SSSR count). The summed E-state index contributed by atoms with van der Waals surface area (Å²) in [4.78, 5) is 40.3. The number of ether oxygens (including phenoxy) is 4. The second-order valence-electron chi connectivity index (χ2n) is 10.9. The van der Waals surface area contributed by atoms with Gasteiger partial charge < -0.3 is 34.1 Å². The second-order valence-corrected chi connectivity index (χ2v) is 10.9. The lowest BCUT2D eigenvalue weighted by Gasteiger charge is -2.30. The van der Waals surface area contributed by atoms with Gasteiger partial charge in [-0.1, -0.05) is 17.2 Å². The van der Waals surface area contributed by atoms with Crippen LogP contribution in [0.5, 0.6) is 17.2 Å². The van der Waals surface area contributed by atoms with Crippen molar-refractivity contribution < 1.29 is 43.5 Å². The summed E-state index contributed by atoms with van der Waals surface area (Å²) in [5.41, 5.74) is 1.42. The molecule has 0 spiro atoms. The molecule has 0 aliphatic carbocycles. The van der Waals surface area contributed by atoms with Gasteiger partial charge in [0, 0.05) is 12.0 Å². The Labute approximate surface area is 235 Å². The number of hydrogen-bond acceptors (Lipinski definition) is 9. The molecule has 2 atom stereocenters. The highest BCUT2D eigenvalue weighted by Crippen LogP contribution is 2.45. The number of carbonyl (C=O) groups excluding carboxylic acids is 3. The molecule has 2 heterocycles. The predicted molar refractivity (Wildman–Crippen MR) is 147 cm³/mol. The van der Waals surface area contributed by atoms with Crippen molar-refractivity contribution in [3.63, 3.8) is 0 Å². The fraction of sp³-hybridized carbons (Fsp3) is 0.567. The molecule has 0 fully saturated rings. The Morgan fingerprint density at radius 1 is 1.07 bits per heavy atom. The van der Waals surface area contributed by atoms with Gasteiger partial charge >= 0.3 is 11.9 Å². The van der Waals surface area contributed by atoms with Crippen LogP contribution < -0.4 is 9.47 Å². The van der Waals surface area contributed by atoms with E-state index in [4.69, 9.17) is 18.9 Å². The van der Waals surface area contributed by atoms with E-state index in [1.165, 1.54) is 25.2 Å². The summed E-state index contributed by atoms with van der Waals surface area (Å²) in [6.07, 6.45) is 5.73. The Kier molecular flexibility index (Phi) is 10.2. The Hall–Kier alpha value is -3.53. The minimum atomic E-state index is -1.27. The summed E-state index contributed by atoms with van der Waals surface area (Å²) in [5.74, 6) is -1.74. The molecular weight excluding hydrogens is 518 g/mol. The molecule has 10 nitrogen and oxygen atoms in total. The SMILES string of the molecule is COC(=O)C1CCC(=O)OC(C(C)(C)O)CCC(C)=CCCC(C)=CCOc2c(OC)cc3c(c2O)CN1C3=O. The van der Waals surface area contributed by atoms with Gasteiger partial charge in [-0.15, -0.1) is 0 Å². The largest absolute Gasteiger partial charge is 0.504 e. The van der Waals surface area contributed by atoms with Crippen molar-refractivity contribution in [2.75, 3.05) is 20.8 Å². The van der Waals surface area contributed by atoms with Gasteiger partial charge in [-0.3, -0.25) is 9.59 Å². The number of allylic oxidation sites excluding steroid dienone is 3. The van der Waals surface area contributed by atoms with E-state index in [2.05, 4.69) is 6.08 Å². The van der Waals surface area contributed by atoms with Gasteiger partial charge in [0.15, 0.2) is 11.5 Å². The number of benzene rings is 1. The molecule has 1 amide bonds. The number of aromatic hydroxyl groups is 1. The Morgan fingerprint density at radius 2 is 1.77 bits per heavy atom. The van der Waals surface area contributed by atoms with E-state index in [0.29, 0.717) is 18.4 Å². The summed E-state index contributed by atoms with van der Waals surface area (Å²) >= 11 is 0. The lowest BCUT2D eigenvalue weighted by atomic mass is 9.95. The lowest BCUT2D eigenvalue weighted by molar-refractivity contribution is -0.163. The Bertz CT molecular complexity index is 1180. The second kappa shape index (κ2) is 13.2. The molecule has 0 radical (unpaired) electrons. The third-order valence-corrected chi connectivity index (χ3v) is 7.39. The number of fused-ring (bicyclic) bond motifs is 2. The maximum absolute atomic E-state index is 13.4. The molecule has 1 aromatic carbocycles. The zero-order valence-electron chi connectivity index (χ0n) is 24.2. The average molecular weight is 560 g/mol. The smallest absolute Gasteiger partial charge is 0.328 e. The number of methoxy groups -OCH3 is 2. The van der Waals surface area contributed by atoms with Crippen LogP contribution in [0.3, 0.4) is 0 Å². The van der Waals surface area contributed by atoms with Crippen molar-refractivity contribution in [2.45, 2.75) is 90.5 Å². The van der Waals surface area contributed by atoms with Gasteiger partial charge in [-0.05, 0) is 71.9 Å². The topological polar surface area (TPSA) is 132 Å². The third-order valence-electron chi connectivity index (χ3n) is 7.39. The zero-order chi connectivity index (χ0) is 29.6. The molecule has 40 heavy (non-hydrogen) atoms. The van der Waals surface area contributed by atoms with Crippen LogP contribution in [0, 0.1) is 0 Å². The first-order valence-electron chi connectivity index (χ1n) is 13.5. The van der Waals surface area contributed by atoms with Gasteiger partial charge in [0.1, 0.15) is 18.8 Å². The number of aliphatic hydroxyl groups is 1. The molecule has 0 aromatic heterocycles. The number of phenolic OH excluding ortho intramolecular Hbond substituents is 1. The maximum atomic E-state index is 13.4. The summed E-state index contributed by atoms with van der Waals surface area (Å²) in [7, 11) is 2.62. The van der Waals surface area contributed by atoms with Gasteiger partial charge in [0.2, 0.25) is 5.75 Å². The number of esters is 2. The Balaban J connectivity index is 1.98. The van der Waals surface area contributed by atoms with Crippen molar-refractivity contribution in [1.29, 1.82) is 0 Å². The average Bonchev–Trinajstić information content (AvgIpc) is 3.22. The highest BCUT2D eigenvalue weighted by Gasteiger charge is 2.40. The van der Waals surface area contributed by atoms with Gasteiger partial charge in [0.25, 0.3) is 5.91 Å². The van der Waals surface area contributed by atoms with Crippen LogP contribution in [-0.4, -0.2) is 71.5 Å². The van der Waals surface area contributed by atoms with E-state index in [0.717, 1.165) is 24.0 Å². The van der Waals surface area contributed by atoms with Crippen LogP contribution in [0.25, 0.3) is 0 Å². The van der Waals surface area contributed by atoms with E-state index in [9.17, 15) is 24.6 Å². The quantitative estimate of drug-likeness (QED) is 0.413. The first-order valence-corrected chi connectivity index (χ1v) is 13.5. The number of rotatable bonds is 3. The highest BCUT2D eigenvalue weighted by molar-refractivity contribution is 6.02. The number of hydrogen-bond donors (Lipinski definition) is 2. The molecular formula is C30H41NO9. The summed E-state index contributed by atoms with van der Waals surface area (Å²) in [6, 6.07) is 0.386. The number of carbonyl (C=O) groups is 3. The van der Waals surface area contributed by atoms with Gasteiger partial charge in [-0.2, -0.15) is 0 Å². The Morgan fingerprint density at radius 3 is 2.42 bits per heavy atom. The van der Waals surface area contributed by atoms with E-state index in [1.54, 1.807) is 13.8 Å². The molecule has 3 bridgehead atoms. The maximum Gasteiger partial charge on any atom is 0.328 e. The van der Waals surface area contributed by atoms with Crippen molar-refractivity contribution >= 4 is 17.8 Å². The summed E-state index contributed by atoms with van der Waals surface area (Å²) in [5, 5.41) is 21.7. The molecule has 2 unspecified atom stereocenters. The van der Waals surface area contributed by atoms with Crippen LogP contribution in [0.1, 0.15) is 82.1 Å². The lowest BCUT2D eigenvalue weighted by Crippen LogP contribution is -2.43. The molecule has 2 aliphatic rings. The van der Waals surface area contributed by atoms with Crippen LogP contribution in [0.15, 0.2) is 29.4 Å². The minimum Gasteiger partial charge on any atom is -0.504 e. The van der Waals surface area contributed by atoms with E-state index < -0.39 is 35.6 Å². The van der Waals surface area contributed by atoms with Crippen LogP contribution in [0.4, 0.5) is 0 Å². The van der Waals surface area contributed by atoms with Crippen molar-refractivity contribution in [3.8, 4) is 17.2 Å². The normalized spacial score (nSPS) is 21.5. The first-order chi connectivity index (χ1) is 18.9. The van der Waals surface area contributed by atoms with Crippen molar-refractivity contribution in [2.24, 2.45) is 0 Å². The molecule has 1 aromatic rings. The number of nitrogens with zero attached hydrogens (tertiary/aromatic N) is 1. The van der Waals surface area contributed by atoms with Crippen LogP contribution in [-0.2, 0) is 25.6 Å². The fourth-order valence-corrected chi connectivity index (χ4v) is 4.90. The van der Waals surface area contributed by atoms with Crippen LogP contribution in [0.2, 0.25) is 0 Å². The standard InChI is InChI=1S/C30H41NO9/c1-18-8-7-9-19(2)14-15-39-27-23(37-5)16-20-21(26(27)33)17-31(28(20)34)22(29(35)38-6)11-13-25(32)40-24(12-10-18)30(3,4)36/h8,14,16,22,24,33,36H,7,9-13,15,17H2,1-6H3. The predicted octanol–water partition coefficient (Wildman–Crippen LogP) is 4.21. The minimum absolute atomic E-state index is 0.0614. The molecule has 2 aliphatic heterocycles. The molecule has 0 saturated heterocycles. The molecule has 2 N–H and O–H groups in total. The monoisotopic (exact) mass is 559 g/mol. The number of amides is 1. The van der Waals surface area contributed by atoms with Crippen molar-refractivity contribution in [3.05, 3.63) is 40.5 Å². The fourth-order valence-electron chi connectivity index (χ4n) is 4.90. The zero-order valence-corrected chi connectivity index (χ0v) is 24.2. The molecule has 10 heteroatoms. The van der Waals surface area contributed by atoms with E-state index in [1.807, 2.05) is 19.9 Å². The third kappa shape index (κ3) is 7.35. The molecule has 0 saturated carbocycles. The van der Waals surface area contributed by atoms with E-state index in [-0.39, 0.29) is 48.8 Å². The number of phenols is 1. The highest BCUT2D eigenvalue weighted by atomic mass is 16.6. The van der Waals surface area contributed by atoms with E-state index >= 15 is 0 Å².